The van der Waals surface area contributed by atoms with E-state index in [1.807, 2.05) is 0 Å². The minimum Gasteiger partial charge on any atom is -0.368 e. The van der Waals surface area contributed by atoms with Gasteiger partial charge < -0.3 is 11.1 Å². The largest absolute Gasteiger partial charge is 0.435 e. The molecule has 3 N–H and O–H groups in total. The topological polar surface area (TPSA) is 108 Å². The number of benzene rings is 1. The highest BCUT2D eigenvalue weighted by atomic mass is 19.4. The molecule has 8 nitrogen and oxygen atoms in total. The van der Waals surface area contributed by atoms with Crippen molar-refractivity contribution < 1.29 is 22.8 Å². The molecule has 2 aromatic heterocycles. The van der Waals surface area contributed by atoms with Crippen molar-refractivity contribution in [1.29, 1.82) is 0 Å². The minimum atomic E-state index is -4.52. The Labute approximate surface area is 150 Å². The van der Waals surface area contributed by atoms with Crippen LogP contribution in [0.5, 0.6) is 0 Å². The SMILES string of the molecule is NC(=O)Cn1cc(NC(=O)c2ccc(-n3ccc(C(F)(F)F)n3)cc2)cn1. The second kappa shape index (κ2) is 6.94. The highest BCUT2D eigenvalue weighted by Gasteiger charge is 2.33. The van der Waals surface area contributed by atoms with Crippen molar-refractivity contribution in [3.8, 4) is 5.69 Å². The van der Waals surface area contributed by atoms with Crippen LogP contribution in [0.2, 0.25) is 0 Å². The molecule has 0 atom stereocenters. The predicted molar refractivity (Wildman–Crippen MR) is 87.9 cm³/mol. The number of nitrogens with one attached hydrogen (secondary N) is 1. The number of primary amides is 1. The number of carbonyl (C=O) groups is 2. The Morgan fingerprint density at radius 3 is 2.44 bits per heavy atom. The lowest BCUT2D eigenvalue weighted by atomic mass is 10.2. The summed E-state index contributed by atoms with van der Waals surface area (Å²) in [5, 5.41) is 9.93. The number of carbonyl (C=O) groups excluding carboxylic acids is 2. The Kier molecular flexibility index (Phi) is 4.67. The third-order valence-electron chi connectivity index (χ3n) is 3.48. The molecule has 27 heavy (non-hydrogen) atoms. The molecule has 0 radical (unpaired) electrons. The van der Waals surface area contributed by atoms with E-state index in [2.05, 4.69) is 15.5 Å². The number of amides is 2. The first kappa shape index (κ1) is 18.2. The second-order valence-electron chi connectivity index (χ2n) is 5.54. The maximum atomic E-state index is 12.6. The zero-order valence-electron chi connectivity index (χ0n) is 13.6. The Morgan fingerprint density at radius 2 is 1.85 bits per heavy atom. The van der Waals surface area contributed by atoms with E-state index >= 15 is 0 Å². The predicted octanol–water partition coefficient (Wildman–Crippen LogP) is 1.83. The molecule has 11 heteroatoms. The number of hydrogen-bond acceptors (Lipinski definition) is 4. The van der Waals surface area contributed by atoms with E-state index in [1.165, 1.54) is 47.5 Å². The molecule has 0 aliphatic rings. The van der Waals surface area contributed by atoms with Gasteiger partial charge in [-0.15, -0.1) is 0 Å². The van der Waals surface area contributed by atoms with Gasteiger partial charge in [0.2, 0.25) is 5.91 Å². The van der Waals surface area contributed by atoms with E-state index in [1.54, 1.807) is 0 Å². The van der Waals surface area contributed by atoms with Gasteiger partial charge in [-0.2, -0.15) is 23.4 Å². The smallest absolute Gasteiger partial charge is 0.368 e. The van der Waals surface area contributed by atoms with Crippen molar-refractivity contribution in [2.24, 2.45) is 5.73 Å². The lowest BCUT2D eigenvalue weighted by Crippen LogP contribution is -2.18. The van der Waals surface area contributed by atoms with Crippen LogP contribution in [0.1, 0.15) is 16.1 Å². The zero-order chi connectivity index (χ0) is 19.6. The van der Waals surface area contributed by atoms with Gasteiger partial charge in [-0.05, 0) is 30.3 Å². The summed E-state index contributed by atoms with van der Waals surface area (Å²) in [7, 11) is 0. The molecule has 1 aromatic carbocycles. The standard InChI is InChI=1S/C16H13F3N6O2/c17-16(18,19)13-5-6-25(23-13)12-3-1-10(2-4-12)15(27)22-11-7-21-24(8-11)9-14(20)26/h1-8H,9H2,(H2,20,26)(H,22,27). The van der Waals surface area contributed by atoms with Crippen LogP contribution in [-0.4, -0.2) is 31.4 Å². The third kappa shape index (κ3) is 4.32. The minimum absolute atomic E-state index is 0.117. The summed E-state index contributed by atoms with van der Waals surface area (Å²) in [6, 6.07) is 6.71. The monoisotopic (exact) mass is 378 g/mol. The Bertz CT molecular complexity index is 975. The van der Waals surface area contributed by atoms with Crippen LogP contribution >= 0.6 is 0 Å². The molecule has 0 bridgehead atoms. The van der Waals surface area contributed by atoms with Gasteiger partial charge in [-0.25, -0.2) is 4.68 Å². The molecule has 3 aromatic rings. The van der Waals surface area contributed by atoms with Crippen molar-refractivity contribution in [1.82, 2.24) is 19.6 Å². The number of nitrogens with zero attached hydrogens (tertiary/aromatic N) is 4. The molecule has 3 rings (SSSR count). The summed E-state index contributed by atoms with van der Waals surface area (Å²) < 4.78 is 40.2. The van der Waals surface area contributed by atoms with Crippen LogP contribution in [0.4, 0.5) is 18.9 Å². The molecule has 0 saturated carbocycles. The maximum Gasteiger partial charge on any atom is 0.435 e. The molecular weight excluding hydrogens is 365 g/mol. The van der Waals surface area contributed by atoms with Crippen molar-refractivity contribution in [3.63, 3.8) is 0 Å². The van der Waals surface area contributed by atoms with E-state index in [4.69, 9.17) is 5.73 Å². The second-order valence-corrected chi connectivity index (χ2v) is 5.54. The van der Waals surface area contributed by atoms with Gasteiger partial charge in [0.25, 0.3) is 5.91 Å². The van der Waals surface area contributed by atoms with Crippen LogP contribution in [0.25, 0.3) is 5.69 Å². The van der Waals surface area contributed by atoms with Crippen molar-refractivity contribution >= 4 is 17.5 Å². The van der Waals surface area contributed by atoms with E-state index in [-0.39, 0.29) is 12.1 Å². The number of halogens is 3. The van der Waals surface area contributed by atoms with E-state index in [0.717, 1.165) is 10.7 Å². The van der Waals surface area contributed by atoms with Crippen molar-refractivity contribution in [2.75, 3.05) is 5.32 Å². The quantitative estimate of drug-likeness (QED) is 0.706. The molecule has 2 heterocycles. The van der Waals surface area contributed by atoms with Gasteiger partial charge in [0.05, 0.1) is 17.6 Å². The van der Waals surface area contributed by atoms with Crippen LogP contribution in [-0.2, 0) is 17.5 Å². The fourth-order valence-electron chi connectivity index (χ4n) is 2.26. The highest BCUT2D eigenvalue weighted by Crippen LogP contribution is 2.27. The van der Waals surface area contributed by atoms with Crippen LogP contribution in [0.3, 0.4) is 0 Å². The van der Waals surface area contributed by atoms with Crippen LogP contribution < -0.4 is 11.1 Å². The molecule has 0 aliphatic carbocycles. The molecule has 0 aliphatic heterocycles. The Morgan fingerprint density at radius 1 is 1.15 bits per heavy atom. The van der Waals surface area contributed by atoms with Gasteiger partial charge in [0.15, 0.2) is 5.69 Å². The maximum absolute atomic E-state index is 12.6. The lowest BCUT2D eigenvalue weighted by Gasteiger charge is -2.05. The van der Waals surface area contributed by atoms with E-state index < -0.39 is 23.7 Å². The molecule has 0 saturated heterocycles. The summed E-state index contributed by atoms with van der Waals surface area (Å²) >= 11 is 0. The summed E-state index contributed by atoms with van der Waals surface area (Å²) in [5.74, 6) is -1.02. The van der Waals surface area contributed by atoms with Crippen LogP contribution in [0, 0.1) is 0 Å². The molecule has 2 amide bonds. The molecule has 0 fully saturated rings. The lowest BCUT2D eigenvalue weighted by molar-refractivity contribution is -0.141. The molecular formula is C16H13F3N6O2. The fraction of sp³-hybridized carbons (Fsp3) is 0.125. The average molecular weight is 378 g/mol. The Balaban J connectivity index is 1.69. The summed E-state index contributed by atoms with van der Waals surface area (Å²) in [6.07, 6.45) is -0.536. The number of aromatic nitrogens is 4. The Hall–Kier alpha value is -3.63. The number of nitrogens with two attached hydrogens (primary N) is 1. The van der Waals surface area contributed by atoms with E-state index in [9.17, 15) is 22.8 Å². The third-order valence-corrected chi connectivity index (χ3v) is 3.48. The fourth-order valence-corrected chi connectivity index (χ4v) is 2.26. The number of anilines is 1. The summed E-state index contributed by atoms with van der Waals surface area (Å²) in [6.45, 7) is -0.117. The first-order chi connectivity index (χ1) is 12.7. The van der Waals surface area contributed by atoms with Gasteiger partial charge in [0.1, 0.15) is 6.54 Å². The molecule has 0 unspecified atom stereocenters. The summed E-state index contributed by atoms with van der Waals surface area (Å²) in [5.41, 5.74) is 5.08. The number of rotatable bonds is 5. The van der Waals surface area contributed by atoms with Gasteiger partial charge in [-0.3, -0.25) is 14.3 Å². The average Bonchev–Trinajstić information content (AvgIpc) is 3.24. The van der Waals surface area contributed by atoms with Crippen LogP contribution in [0.15, 0.2) is 48.9 Å². The van der Waals surface area contributed by atoms with Gasteiger partial charge in [-0.1, -0.05) is 0 Å². The van der Waals surface area contributed by atoms with E-state index in [0.29, 0.717) is 11.4 Å². The van der Waals surface area contributed by atoms with Crippen molar-refractivity contribution in [3.05, 3.63) is 60.2 Å². The zero-order valence-corrected chi connectivity index (χ0v) is 13.6. The normalized spacial score (nSPS) is 11.4. The summed E-state index contributed by atoms with van der Waals surface area (Å²) in [4.78, 5) is 23.0. The first-order valence-corrected chi connectivity index (χ1v) is 7.58. The number of alkyl halides is 3. The molecule has 140 valence electrons. The molecule has 0 spiro atoms. The highest BCUT2D eigenvalue weighted by molar-refractivity contribution is 6.04. The van der Waals surface area contributed by atoms with Crippen molar-refractivity contribution in [2.45, 2.75) is 12.7 Å². The first-order valence-electron chi connectivity index (χ1n) is 7.58. The number of hydrogen-bond donors (Lipinski definition) is 2. The van der Waals surface area contributed by atoms with Gasteiger partial charge >= 0.3 is 6.18 Å². The van der Waals surface area contributed by atoms with Gasteiger partial charge in [0, 0.05) is 18.0 Å².